The van der Waals surface area contributed by atoms with E-state index in [4.69, 9.17) is 23.8 Å². The quantitative estimate of drug-likeness (QED) is 0.368. The molecule has 0 saturated heterocycles. The second-order valence-electron chi connectivity index (χ2n) is 4.50. The molecule has 0 heterocycles. The summed E-state index contributed by atoms with van der Waals surface area (Å²) in [7, 11) is 0. The van der Waals surface area contributed by atoms with E-state index in [1.807, 2.05) is 45.2 Å². The number of anilines is 1. The molecule has 24 heavy (non-hydrogen) atoms. The Morgan fingerprint density at radius 2 is 1.79 bits per heavy atom. The molecule has 0 atom stereocenters. The molecule has 0 unspecified atom stereocenters. The summed E-state index contributed by atoms with van der Waals surface area (Å²) in [6.45, 7) is 0. The van der Waals surface area contributed by atoms with Gasteiger partial charge in [-0.15, -0.1) is 0 Å². The molecule has 9 heteroatoms. The van der Waals surface area contributed by atoms with E-state index in [1.165, 1.54) is 6.07 Å². The summed E-state index contributed by atoms with van der Waals surface area (Å²) in [6.07, 6.45) is 0. The van der Waals surface area contributed by atoms with Gasteiger partial charge in [0.1, 0.15) is 0 Å². The fourth-order valence-electron chi connectivity index (χ4n) is 1.83. The first-order chi connectivity index (χ1) is 11.3. The molecule has 1 amide bonds. The zero-order valence-corrected chi connectivity index (χ0v) is 17.7. The van der Waals surface area contributed by atoms with Gasteiger partial charge in [0.25, 0.3) is 5.91 Å². The third-order valence-electron chi connectivity index (χ3n) is 2.87. The highest BCUT2D eigenvalue weighted by Crippen LogP contribution is 2.26. The van der Waals surface area contributed by atoms with Crippen LogP contribution < -0.4 is 10.6 Å². The largest absolute Gasteiger partial charge is 0.478 e. The van der Waals surface area contributed by atoms with Crippen LogP contribution in [0, 0.1) is 7.14 Å². The molecule has 0 saturated carbocycles. The van der Waals surface area contributed by atoms with E-state index < -0.39 is 11.9 Å². The summed E-state index contributed by atoms with van der Waals surface area (Å²) in [5, 5.41) is 14.9. The Bertz CT molecular complexity index is 845. The predicted octanol–water partition coefficient (Wildman–Crippen LogP) is 4.37. The number of hydrogen-bond acceptors (Lipinski definition) is 3. The zero-order valence-electron chi connectivity index (χ0n) is 11.8. The summed E-state index contributed by atoms with van der Waals surface area (Å²) in [6, 6.07) is 9.88. The van der Waals surface area contributed by atoms with Crippen LogP contribution in [0.2, 0.25) is 5.02 Å². The first-order valence-corrected chi connectivity index (χ1v) is 9.33. The molecule has 2 rings (SSSR count). The van der Waals surface area contributed by atoms with Gasteiger partial charge in [-0.1, -0.05) is 23.7 Å². The molecular weight excluding hydrogens is 578 g/mol. The number of halogens is 3. The minimum Gasteiger partial charge on any atom is -0.478 e. The van der Waals surface area contributed by atoms with Crippen molar-refractivity contribution < 1.29 is 14.7 Å². The predicted molar refractivity (Wildman–Crippen MR) is 114 cm³/mol. The van der Waals surface area contributed by atoms with Crippen molar-refractivity contribution in [3.05, 3.63) is 59.7 Å². The number of rotatable bonds is 3. The molecule has 0 aliphatic heterocycles. The fraction of sp³-hybridized carbons (Fsp3) is 0. The Morgan fingerprint density at radius 1 is 1.12 bits per heavy atom. The highest BCUT2D eigenvalue weighted by atomic mass is 127. The minimum atomic E-state index is -1.09. The van der Waals surface area contributed by atoms with E-state index in [2.05, 4.69) is 10.6 Å². The lowest BCUT2D eigenvalue weighted by atomic mass is 10.2. The summed E-state index contributed by atoms with van der Waals surface area (Å²) in [4.78, 5) is 23.6. The highest BCUT2D eigenvalue weighted by Gasteiger charge is 2.17. The average Bonchev–Trinajstić information content (AvgIpc) is 2.49. The second-order valence-corrected chi connectivity index (χ2v) is 7.73. The fourth-order valence-corrected chi connectivity index (χ4v) is 4.23. The van der Waals surface area contributed by atoms with Crippen LogP contribution in [0.3, 0.4) is 0 Å². The SMILES string of the molecule is O=C(NC(=S)Nc1c(I)cc(I)cc1C(=O)O)c1ccccc1Cl. The Kier molecular flexibility index (Phi) is 6.78. The van der Waals surface area contributed by atoms with Gasteiger partial charge in [-0.25, -0.2) is 4.79 Å². The Hall–Kier alpha value is -0.980. The molecule has 3 N–H and O–H groups in total. The number of carboxylic acids is 1. The van der Waals surface area contributed by atoms with Crippen LogP contribution in [0.25, 0.3) is 0 Å². The number of amides is 1. The lowest BCUT2D eigenvalue weighted by Gasteiger charge is -2.14. The summed E-state index contributed by atoms with van der Waals surface area (Å²) >= 11 is 15.1. The molecule has 0 aliphatic rings. The third kappa shape index (κ3) is 4.77. The van der Waals surface area contributed by atoms with Gasteiger partial charge < -0.3 is 10.4 Å². The normalized spacial score (nSPS) is 10.1. The minimum absolute atomic E-state index is 0.0125. The van der Waals surface area contributed by atoms with Crippen molar-refractivity contribution in [1.29, 1.82) is 0 Å². The summed E-state index contributed by atoms with van der Waals surface area (Å²) in [5.74, 6) is -1.57. The van der Waals surface area contributed by atoms with E-state index in [0.29, 0.717) is 14.3 Å². The molecule has 0 aromatic heterocycles. The molecule has 0 fully saturated rings. The maximum absolute atomic E-state index is 12.2. The number of carbonyl (C=O) groups excluding carboxylic acids is 1. The number of nitrogens with one attached hydrogen (secondary N) is 2. The van der Waals surface area contributed by atoms with Crippen molar-refractivity contribution in [1.82, 2.24) is 5.32 Å². The molecule has 0 radical (unpaired) electrons. The van der Waals surface area contributed by atoms with E-state index in [0.717, 1.165) is 3.57 Å². The van der Waals surface area contributed by atoms with E-state index in [-0.39, 0.29) is 16.2 Å². The van der Waals surface area contributed by atoms with Crippen molar-refractivity contribution in [2.75, 3.05) is 5.32 Å². The van der Waals surface area contributed by atoms with Gasteiger partial charge in [0.2, 0.25) is 0 Å². The number of thiocarbonyl (C=S) groups is 1. The van der Waals surface area contributed by atoms with Crippen molar-refractivity contribution in [2.24, 2.45) is 0 Å². The summed E-state index contributed by atoms with van der Waals surface area (Å²) < 4.78 is 1.46. The first kappa shape index (κ1) is 19.3. The zero-order chi connectivity index (χ0) is 17.9. The van der Waals surface area contributed by atoms with Gasteiger partial charge >= 0.3 is 5.97 Å². The average molecular weight is 587 g/mol. The molecular formula is C15H9ClI2N2O3S. The molecule has 2 aromatic rings. The number of benzene rings is 2. The molecule has 0 spiro atoms. The molecule has 0 bridgehead atoms. The lowest BCUT2D eigenvalue weighted by Crippen LogP contribution is -2.35. The first-order valence-electron chi connectivity index (χ1n) is 6.38. The van der Waals surface area contributed by atoms with Gasteiger partial charge in [-0.05, 0) is 81.7 Å². The summed E-state index contributed by atoms with van der Waals surface area (Å²) in [5.41, 5.74) is 0.674. The van der Waals surface area contributed by atoms with Crippen LogP contribution >= 0.6 is 69.0 Å². The Morgan fingerprint density at radius 3 is 2.42 bits per heavy atom. The van der Waals surface area contributed by atoms with E-state index in [1.54, 1.807) is 30.3 Å². The van der Waals surface area contributed by atoms with E-state index in [9.17, 15) is 14.7 Å². The third-order valence-corrected chi connectivity index (χ3v) is 4.88. The molecule has 0 aliphatic carbocycles. The monoisotopic (exact) mass is 586 g/mol. The van der Waals surface area contributed by atoms with Gasteiger partial charge in [-0.2, -0.15) is 0 Å². The van der Waals surface area contributed by atoms with E-state index >= 15 is 0 Å². The van der Waals surface area contributed by atoms with Gasteiger partial charge in [0.15, 0.2) is 5.11 Å². The van der Waals surface area contributed by atoms with Crippen molar-refractivity contribution in [3.8, 4) is 0 Å². The number of carbonyl (C=O) groups is 2. The smallest absolute Gasteiger partial charge is 0.337 e. The van der Waals surface area contributed by atoms with Crippen LogP contribution in [-0.2, 0) is 0 Å². The van der Waals surface area contributed by atoms with Crippen LogP contribution in [-0.4, -0.2) is 22.1 Å². The Balaban J connectivity index is 2.20. The van der Waals surface area contributed by atoms with Crippen LogP contribution in [0.4, 0.5) is 5.69 Å². The number of hydrogen-bond donors (Lipinski definition) is 3. The Labute approximate surface area is 175 Å². The van der Waals surface area contributed by atoms with Crippen molar-refractivity contribution >= 4 is 91.7 Å². The maximum atomic E-state index is 12.2. The van der Waals surface area contributed by atoms with Crippen LogP contribution in [0.1, 0.15) is 20.7 Å². The topological polar surface area (TPSA) is 78.4 Å². The standard InChI is InChI=1S/C15H9ClI2N2O3S/c16-10-4-2-1-3-8(10)13(21)20-15(24)19-12-9(14(22)23)5-7(17)6-11(12)18/h1-6H,(H,22,23)(H2,19,20,21,24). The van der Waals surface area contributed by atoms with Crippen molar-refractivity contribution in [3.63, 3.8) is 0 Å². The maximum Gasteiger partial charge on any atom is 0.337 e. The van der Waals surface area contributed by atoms with Gasteiger partial charge in [0.05, 0.1) is 21.8 Å². The highest BCUT2D eigenvalue weighted by molar-refractivity contribution is 14.1. The van der Waals surface area contributed by atoms with Crippen LogP contribution in [0.5, 0.6) is 0 Å². The number of carboxylic acid groups (broad SMARTS) is 1. The van der Waals surface area contributed by atoms with Crippen LogP contribution in [0.15, 0.2) is 36.4 Å². The molecule has 5 nitrogen and oxygen atoms in total. The lowest BCUT2D eigenvalue weighted by molar-refractivity contribution is 0.0697. The van der Waals surface area contributed by atoms with Crippen molar-refractivity contribution in [2.45, 2.75) is 0 Å². The van der Waals surface area contributed by atoms with Gasteiger partial charge in [-0.3, -0.25) is 10.1 Å². The molecule has 124 valence electrons. The number of aromatic carboxylic acids is 1. The second kappa shape index (κ2) is 8.41. The molecule has 2 aromatic carbocycles. The van der Waals surface area contributed by atoms with Gasteiger partial charge in [0, 0.05) is 7.14 Å².